The van der Waals surface area contributed by atoms with Gasteiger partial charge in [-0.1, -0.05) is 0 Å². The van der Waals surface area contributed by atoms with Crippen molar-refractivity contribution in [3.05, 3.63) is 17.6 Å². The Morgan fingerprint density at radius 1 is 1.33 bits per heavy atom. The maximum absolute atomic E-state index is 12.4. The van der Waals surface area contributed by atoms with Gasteiger partial charge in [-0.2, -0.15) is 0 Å². The van der Waals surface area contributed by atoms with Crippen molar-refractivity contribution in [3.63, 3.8) is 0 Å². The molecule has 1 aromatic heterocycles. The van der Waals surface area contributed by atoms with Crippen LogP contribution in [0.15, 0.2) is 6.33 Å². The van der Waals surface area contributed by atoms with Crippen molar-refractivity contribution in [1.29, 1.82) is 0 Å². The molecular weight excluding hydrogens is 264 g/mol. The second-order valence-electron chi connectivity index (χ2n) is 6.93. The normalized spacial score (nSPS) is 19.5. The Morgan fingerprint density at radius 3 is 2.71 bits per heavy atom. The molecule has 5 heteroatoms. The zero-order valence-corrected chi connectivity index (χ0v) is 13.7. The SMILES string of the molecule is Cc1ncnc(N2CCCC(C(=O)NC(C)(C)C)C2)c1C. The van der Waals surface area contributed by atoms with Crippen molar-refractivity contribution in [3.8, 4) is 0 Å². The van der Waals surface area contributed by atoms with Gasteiger partial charge in [-0.25, -0.2) is 9.97 Å². The van der Waals surface area contributed by atoms with Gasteiger partial charge < -0.3 is 10.2 Å². The van der Waals surface area contributed by atoms with Gasteiger partial charge in [-0.3, -0.25) is 4.79 Å². The van der Waals surface area contributed by atoms with Crippen LogP contribution in [0, 0.1) is 19.8 Å². The number of carbonyl (C=O) groups is 1. The van der Waals surface area contributed by atoms with E-state index in [0.29, 0.717) is 0 Å². The lowest BCUT2D eigenvalue weighted by Crippen LogP contribution is -2.49. The first-order valence-corrected chi connectivity index (χ1v) is 7.63. The number of nitrogens with one attached hydrogen (secondary N) is 1. The van der Waals surface area contributed by atoms with Gasteiger partial charge >= 0.3 is 0 Å². The number of piperidine rings is 1. The number of amides is 1. The summed E-state index contributed by atoms with van der Waals surface area (Å²) in [4.78, 5) is 23.2. The first-order chi connectivity index (χ1) is 9.78. The van der Waals surface area contributed by atoms with Crippen LogP contribution in [0.3, 0.4) is 0 Å². The fraction of sp³-hybridized carbons (Fsp3) is 0.688. The number of hydrogen-bond donors (Lipinski definition) is 1. The smallest absolute Gasteiger partial charge is 0.225 e. The monoisotopic (exact) mass is 290 g/mol. The molecule has 1 aliphatic rings. The molecule has 0 aliphatic carbocycles. The van der Waals surface area contributed by atoms with Crippen LogP contribution in [0.2, 0.25) is 0 Å². The first kappa shape index (κ1) is 15.7. The molecule has 1 saturated heterocycles. The van der Waals surface area contributed by atoms with Crippen LogP contribution in [-0.4, -0.2) is 34.5 Å². The maximum Gasteiger partial charge on any atom is 0.225 e. The quantitative estimate of drug-likeness (QED) is 0.907. The lowest BCUT2D eigenvalue weighted by atomic mass is 9.95. The van der Waals surface area contributed by atoms with Gasteiger partial charge in [-0.05, 0) is 47.5 Å². The number of rotatable bonds is 2. The molecule has 116 valence electrons. The third-order valence-corrected chi connectivity index (χ3v) is 3.90. The Hall–Kier alpha value is -1.65. The minimum absolute atomic E-state index is 0.0349. The van der Waals surface area contributed by atoms with E-state index in [1.807, 2.05) is 34.6 Å². The lowest BCUT2D eigenvalue weighted by molar-refractivity contribution is -0.126. The standard InChI is InChI=1S/C16H26N4O/c1-11-12(2)17-10-18-14(11)20-8-6-7-13(9-20)15(21)19-16(3,4)5/h10,13H,6-9H2,1-5H3,(H,19,21). The number of nitrogens with zero attached hydrogens (tertiary/aromatic N) is 3. The molecule has 0 radical (unpaired) electrons. The Morgan fingerprint density at radius 2 is 2.05 bits per heavy atom. The summed E-state index contributed by atoms with van der Waals surface area (Å²) in [6.07, 6.45) is 3.57. The third kappa shape index (κ3) is 3.93. The highest BCUT2D eigenvalue weighted by molar-refractivity contribution is 5.80. The summed E-state index contributed by atoms with van der Waals surface area (Å²) in [6.45, 7) is 11.8. The van der Waals surface area contributed by atoms with E-state index < -0.39 is 0 Å². The number of carbonyl (C=O) groups excluding carboxylic acids is 1. The third-order valence-electron chi connectivity index (χ3n) is 3.90. The van der Waals surface area contributed by atoms with Gasteiger partial charge in [-0.15, -0.1) is 0 Å². The van der Waals surface area contributed by atoms with E-state index in [1.165, 1.54) is 0 Å². The van der Waals surface area contributed by atoms with E-state index in [2.05, 4.69) is 20.2 Å². The van der Waals surface area contributed by atoms with E-state index >= 15 is 0 Å². The molecule has 0 spiro atoms. The molecule has 1 aromatic rings. The predicted molar refractivity (Wildman–Crippen MR) is 84.3 cm³/mol. The molecule has 1 amide bonds. The number of aromatic nitrogens is 2. The molecule has 1 fully saturated rings. The molecule has 5 nitrogen and oxygen atoms in total. The molecule has 0 bridgehead atoms. The van der Waals surface area contributed by atoms with Crippen LogP contribution < -0.4 is 10.2 Å². The molecule has 0 aromatic carbocycles. The Kier molecular flexibility index (Phi) is 4.49. The van der Waals surface area contributed by atoms with Crippen LogP contribution in [-0.2, 0) is 4.79 Å². The summed E-state index contributed by atoms with van der Waals surface area (Å²) >= 11 is 0. The van der Waals surface area contributed by atoms with E-state index in [1.54, 1.807) is 6.33 Å². The molecule has 2 rings (SSSR count). The topological polar surface area (TPSA) is 58.1 Å². The second kappa shape index (κ2) is 6.00. The number of anilines is 1. The summed E-state index contributed by atoms with van der Waals surface area (Å²) in [5.74, 6) is 1.15. The van der Waals surface area contributed by atoms with Crippen LogP contribution >= 0.6 is 0 Å². The van der Waals surface area contributed by atoms with Crippen LogP contribution in [0.4, 0.5) is 5.82 Å². The average Bonchev–Trinajstić information content (AvgIpc) is 2.40. The van der Waals surface area contributed by atoms with Gasteiger partial charge in [0, 0.05) is 29.9 Å². The van der Waals surface area contributed by atoms with E-state index in [-0.39, 0.29) is 17.4 Å². The first-order valence-electron chi connectivity index (χ1n) is 7.63. The second-order valence-corrected chi connectivity index (χ2v) is 6.93. The average molecular weight is 290 g/mol. The number of hydrogen-bond acceptors (Lipinski definition) is 4. The highest BCUT2D eigenvalue weighted by Crippen LogP contribution is 2.25. The Balaban J connectivity index is 2.10. The highest BCUT2D eigenvalue weighted by Gasteiger charge is 2.29. The van der Waals surface area contributed by atoms with Crippen molar-refractivity contribution in [2.45, 2.75) is 53.0 Å². The van der Waals surface area contributed by atoms with Crippen LogP contribution in [0.25, 0.3) is 0 Å². The molecule has 1 N–H and O–H groups in total. The van der Waals surface area contributed by atoms with Crippen molar-refractivity contribution in [2.75, 3.05) is 18.0 Å². The van der Waals surface area contributed by atoms with Crippen molar-refractivity contribution >= 4 is 11.7 Å². The van der Waals surface area contributed by atoms with Crippen molar-refractivity contribution in [2.24, 2.45) is 5.92 Å². The summed E-state index contributed by atoms with van der Waals surface area (Å²) in [7, 11) is 0. The van der Waals surface area contributed by atoms with Gasteiger partial charge in [0.15, 0.2) is 0 Å². The van der Waals surface area contributed by atoms with Gasteiger partial charge in [0.25, 0.3) is 0 Å². The van der Waals surface area contributed by atoms with E-state index in [9.17, 15) is 4.79 Å². The van der Waals surface area contributed by atoms with Crippen LogP contribution in [0.5, 0.6) is 0 Å². The Labute approximate surface area is 127 Å². The van der Waals surface area contributed by atoms with Crippen LogP contribution in [0.1, 0.15) is 44.9 Å². The summed E-state index contributed by atoms with van der Waals surface area (Å²) in [5.41, 5.74) is 1.93. The molecule has 21 heavy (non-hydrogen) atoms. The summed E-state index contributed by atoms with van der Waals surface area (Å²) in [5, 5.41) is 3.09. The largest absolute Gasteiger partial charge is 0.355 e. The molecule has 1 unspecified atom stereocenters. The van der Waals surface area contributed by atoms with Gasteiger partial charge in [0.05, 0.1) is 5.92 Å². The van der Waals surface area contributed by atoms with E-state index in [0.717, 1.165) is 43.0 Å². The van der Waals surface area contributed by atoms with Gasteiger partial charge in [0.1, 0.15) is 12.1 Å². The maximum atomic E-state index is 12.4. The minimum atomic E-state index is -0.180. The number of aryl methyl sites for hydroxylation is 1. The fourth-order valence-electron chi connectivity index (χ4n) is 2.70. The Bertz CT molecular complexity index is 521. The van der Waals surface area contributed by atoms with Crippen molar-refractivity contribution in [1.82, 2.24) is 15.3 Å². The summed E-state index contributed by atoms with van der Waals surface area (Å²) in [6, 6.07) is 0. The lowest BCUT2D eigenvalue weighted by Gasteiger charge is -2.35. The van der Waals surface area contributed by atoms with E-state index in [4.69, 9.17) is 0 Å². The molecule has 1 aliphatic heterocycles. The zero-order chi connectivity index (χ0) is 15.6. The van der Waals surface area contributed by atoms with Crippen molar-refractivity contribution < 1.29 is 4.79 Å². The fourth-order valence-corrected chi connectivity index (χ4v) is 2.70. The molecular formula is C16H26N4O. The molecule has 0 saturated carbocycles. The minimum Gasteiger partial charge on any atom is -0.355 e. The molecule has 2 heterocycles. The zero-order valence-electron chi connectivity index (χ0n) is 13.7. The predicted octanol–water partition coefficient (Wildman–Crippen LogP) is 2.22. The van der Waals surface area contributed by atoms with Gasteiger partial charge in [0.2, 0.25) is 5.91 Å². The molecule has 1 atom stereocenters. The summed E-state index contributed by atoms with van der Waals surface area (Å²) < 4.78 is 0. The highest BCUT2D eigenvalue weighted by atomic mass is 16.2.